The van der Waals surface area contributed by atoms with E-state index >= 15 is 0 Å². The summed E-state index contributed by atoms with van der Waals surface area (Å²) in [5.74, 6) is 0.457. The van der Waals surface area contributed by atoms with Gasteiger partial charge in [0, 0.05) is 42.7 Å². The van der Waals surface area contributed by atoms with Crippen molar-refractivity contribution < 1.29 is 9.59 Å². The van der Waals surface area contributed by atoms with E-state index in [2.05, 4.69) is 5.32 Å². The molecule has 1 saturated carbocycles. The monoisotopic (exact) mass is 419 g/mol. The van der Waals surface area contributed by atoms with Gasteiger partial charge in [-0.1, -0.05) is 37.5 Å². The van der Waals surface area contributed by atoms with Crippen LogP contribution in [0, 0.1) is 11.8 Å². The van der Waals surface area contributed by atoms with Crippen LogP contribution in [0.4, 0.5) is 5.69 Å². The maximum atomic E-state index is 13.2. The summed E-state index contributed by atoms with van der Waals surface area (Å²) in [6.45, 7) is 1.88. The highest BCUT2D eigenvalue weighted by atomic mass is 16.2. The second-order valence-corrected chi connectivity index (χ2v) is 9.29. The van der Waals surface area contributed by atoms with Gasteiger partial charge in [-0.3, -0.25) is 14.4 Å². The van der Waals surface area contributed by atoms with E-state index in [1.165, 1.54) is 6.42 Å². The molecular weight excluding hydrogens is 390 g/mol. The van der Waals surface area contributed by atoms with Gasteiger partial charge in [-0.05, 0) is 49.4 Å². The minimum Gasteiger partial charge on any atom is -0.338 e. The molecule has 3 aliphatic rings. The standard InChI is InChI=1S/C25H29N3O3/c29-23(18-7-3-1-4-8-18)26-21-11-12-22-20-13-17(15-28(22)25(21)31)14-27(16-20)24(30)19-9-5-2-6-10-19/h2,5-6,9-12,17-18,20H,1,3-4,7-8,13-16H2,(H,26,29). The number of piperidine rings is 1. The Kier molecular flexibility index (Phi) is 5.38. The van der Waals surface area contributed by atoms with Gasteiger partial charge in [-0.2, -0.15) is 0 Å². The van der Waals surface area contributed by atoms with Crippen LogP contribution in [0.1, 0.15) is 60.5 Å². The summed E-state index contributed by atoms with van der Waals surface area (Å²) in [6.07, 6.45) is 6.18. The number of nitrogens with one attached hydrogen (secondary N) is 1. The van der Waals surface area contributed by atoms with E-state index < -0.39 is 0 Å². The summed E-state index contributed by atoms with van der Waals surface area (Å²) in [7, 11) is 0. The number of rotatable bonds is 3. The maximum Gasteiger partial charge on any atom is 0.274 e. The fourth-order valence-electron chi connectivity index (χ4n) is 5.57. The molecule has 2 unspecified atom stereocenters. The van der Waals surface area contributed by atoms with Crippen molar-refractivity contribution in [3.8, 4) is 0 Å². The Morgan fingerprint density at radius 3 is 2.45 bits per heavy atom. The molecule has 0 radical (unpaired) electrons. The van der Waals surface area contributed by atoms with Crippen LogP contribution in [0.5, 0.6) is 0 Å². The van der Waals surface area contributed by atoms with Crippen LogP contribution in [0.15, 0.2) is 47.3 Å². The fraction of sp³-hybridized carbons (Fsp3) is 0.480. The first-order chi connectivity index (χ1) is 15.1. The highest BCUT2D eigenvalue weighted by Crippen LogP contribution is 2.36. The second kappa shape index (κ2) is 8.33. The van der Waals surface area contributed by atoms with Crippen molar-refractivity contribution >= 4 is 17.5 Å². The van der Waals surface area contributed by atoms with Gasteiger partial charge in [-0.25, -0.2) is 0 Å². The first-order valence-electron chi connectivity index (χ1n) is 11.5. The molecule has 2 amide bonds. The summed E-state index contributed by atoms with van der Waals surface area (Å²) in [4.78, 5) is 40.7. The first kappa shape index (κ1) is 20.0. The molecule has 0 spiro atoms. The summed E-state index contributed by atoms with van der Waals surface area (Å²) < 4.78 is 1.83. The molecule has 2 fully saturated rings. The van der Waals surface area contributed by atoms with E-state index in [9.17, 15) is 14.4 Å². The van der Waals surface area contributed by atoms with E-state index in [0.717, 1.165) is 37.8 Å². The Labute approximate surface area is 182 Å². The van der Waals surface area contributed by atoms with Gasteiger partial charge in [-0.15, -0.1) is 0 Å². The maximum absolute atomic E-state index is 13.2. The number of nitrogens with zero attached hydrogens (tertiary/aromatic N) is 2. The minimum absolute atomic E-state index is 0.0196. The summed E-state index contributed by atoms with van der Waals surface area (Å²) in [5.41, 5.74) is 1.96. The van der Waals surface area contributed by atoms with Gasteiger partial charge >= 0.3 is 0 Å². The van der Waals surface area contributed by atoms with Crippen LogP contribution in [0.3, 0.4) is 0 Å². The van der Waals surface area contributed by atoms with Crippen molar-refractivity contribution in [2.45, 2.75) is 51.0 Å². The Balaban J connectivity index is 1.35. The lowest BCUT2D eigenvalue weighted by Crippen LogP contribution is -2.49. The molecule has 1 aliphatic carbocycles. The van der Waals surface area contributed by atoms with Gasteiger partial charge < -0.3 is 14.8 Å². The highest BCUT2D eigenvalue weighted by Gasteiger charge is 2.37. The zero-order valence-electron chi connectivity index (χ0n) is 17.8. The number of carbonyl (C=O) groups is 2. The van der Waals surface area contributed by atoms with Gasteiger partial charge in [0.1, 0.15) is 5.69 Å². The van der Waals surface area contributed by atoms with E-state index in [-0.39, 0.29) is 35.1 Å². The van der Waals surface area contributed by atoms with Crippen LogP contribution in [-0.4, -0.2) is 34.4 Å². The largest absolute Gasteiger partial charge is 0.338 e. The predicted octanol–water partition coefficient (Wildman–Crippen LogP) is 3.63. The zero-order chi connectivity index (χ0) is 21.4. The van der Waals surface area contributed by atoms with E-state index in [0.29, 0.717) is 30.9 Å². The molecule has 6 heteroatoms. The molecule has 1 saturated heterocycles. The minimum atomic E-state index is -0.112. The number of hydrogen-bond donors (Lipinski definition) is 1. The van der Waals surface area contributed by atoms with Crippen molar-refractivity contribution in [2.24, 2.45) is 11.8 Å². The van der Waals surface area contributed by atoms with Crippen molar-refractivity contribution in [3.63, 3.8) is 0 Å². The molecule has 6 nitrogen and oxygen atoms in total. The lowest BCUT2D eigenvalue weighted by Gasteiger charge is -2.43. The molecule has 3 heterocycles. The van der Waals surface area contributed by atoms with Crippen molar-refractivity contribution in [3.05, 3.63) is 64.1 Å². The zero-order valence-corrected chi connectivity index (χ0v) is 17.8. The third kappa shape index (κ3) is 3.91. The number of likely N-dealkylation sites (tertiary alicyclic amines) is 1. The normalized spacial score (nSPS) is 23.2. The molecule has 2 atom stereocenters. The van der Waals surface area contributed by atoms with Crippen LogP contribution >= 0.6 is 0 Å². The van der Waals surface area contributed by atoms with E-state index in [1.54, 1.807) is 6.07 Å². The number of carbonyl (C=O) groups excluding carboxylic acids is 2. The molecule has 2 aromatic rings. The molecular formula is C25H29N3O3. The highest BCUT2D eigenvalue weighted by molar-refractivity contribution is 5.94. The van der Waals surface area contributed by atoms with Gasteiger partial charge in [0.25, 0.3) is 11.5 Å². The van der Waals surface area contributed by atoms with Gasteiger partial charge in [0.05, 0.1) is 0 Å². The topological polar surface area (TPSA) is 71.4 Å². The van der Waals surface area contributed by atoms with Crippen LogP contribution < -0.4 is 10.9 Å². The number of hydrogen-bond acceptors (Lipinski definition) is 3. The average molecular weight is 420 g/mol. The Morgan fingerprint density at radius 1 is 0.903 bits per heavy atom. The third-order valence-corrected chi connectivity index (χ3v) is 7.15. The number of benzene rings is 1. The fourth-order valence-corrected chi connectivity index (χ4v) is 5.57. The Bertz CT molecular complexity index is 1040. The summed E-state index contributed by atoms with van der Waals surface area (Å²) in [5, 5.41) is 2.91. The quantitative estimate of drug-likeness (QED) is 0.826. The van der Waals surface area contributed by atoms with E-state index in [4.69, 9.17) is 0 Å². The lowest BCUT2D eigenvalue weighted by atomic mass is 9.83. The molecule has 31 heavy (non-hydrogen) atoms. The molecule has 2 bridgehead atoms. The summed E-state index contributed by atoms with van der Waals surface area (Å²) >= 11 is 0. The molecule has 1 aromatic heterocycles. The van der Waals surface area contributed by atoms with Crippen LogP contribution in [0.25, 0.3) is 0 Å². The Hall–Kier alpha value is -2.89. The predicted molar refractivity (Wildman–Crippen MR) is 119 cm³/mol. The summed E-state index contributed by atoms with van der Waals surface area (Å²) in [6, 6.07) is 13.1. The first-order valence-corrected chi connectivity index (χ1v) is 11.5. The number of pyridine rings is 1. The smallest absolute Gasteiger partial charge is 0.274 e. The molecule has 5 rings (SSSR count). The van der Waals surface area contributed by atoms with Crippen molar-refractivity contribution in [1.29, 1.82) is 0 Å². The molecule has 1 aromatic carbocycles. The number of aromatic nitrogens is 1. The Morgan fingerprint density at radius 2 is 1.68 bits per heavy atom. The number of fused-ring (bicyclic) bond motifs is 4. The van der Waals surface area contributed by atoms with Gasteiger partial charge in [0.15, 0.2) is 0 Å². The second-order valence-electron chi connectivity index (χ2n) is 9.29. The van der Waals surface area contributed by atoms with E-state index in [1.807, 2.05) is 45.9 Å². The molecule has 162 valence electrons. The van der Waals surface area contributed by atoms with Crippen LogP contribution in [0.2, 0.25) is 0 Å². The number of amides is 2. The SMILES string of the molecule is O=C(Nc1ccc2n(c1=O)CC1CC2CN(C(=O)c2ccccc2)C1)C1CCCCC1. The average Bonchev–Trinajstić information content (AvgIpc) is 2.81. The molecule has 1 N–H and O–H groups in total. The third-order valence-electron chi connectivity index (χ3n) is 7.15. The van der Waals surface area contributed by atoms with Crippen LogP contribution in [-0.2, 0) is 11.3 Å². The molecule has 2 aliphatic heterocycles. The lowest BCUT2D eigenvalue weighted by molar-refractivity contribution is -0.120. The number of anilines is 1. The van der Waals surface area contributed by atoms with Crippen molar-refractivity contribution in [1.82, 2.24) is 9.47 Å². The van der Waals surface area contributed by atoms with Crippen molar-refractivity contribution in [2.75, 3.05) is 18.4 Å². The van der Waals surface area contributed by atoms with Gasteiger partial charge in [0.2, 0.25) is 5.91 Å².